The molecule has 2 rings (SSSR count). The van der Waals surface area contributed by atoms with Crippen LogP contribution in [0.5, 0.6) is 11.5 Å². The first kappa shape index (κ1) is 13.6. The average molecular weight is 256 g/mol. The fraction of sp³-hybridized carbons (Fsp3) is 0.312. The number of benzene rings is 1. The zero-order valence-corrected chi connectivity index (χ0v) is 11.7. The van der Waals surface area contributed by atoms with Gasteiger partial charge in [0.1, 0.15) is 11.5 Å². The number of aryl methyl sites for hydroxylation is 1. The van der Waals surface area contributed by atoms with E-state index in [2.05, 4.69) is 37.1 Å². The summed E-state index contributed by atoms with van der Waals surface area (Å²) in [5.41, 5.74) is 3.48. The van der Waals surface area contributed by atoms with Crippen molar-refractivity contribution < 1.29 is 4.74 Å². The maximum Gasteiger partial charge on any atom is 0.135 e. The van der Waals surface area contributed by atoms with Gasteiger partial charge in [-0.2, -0.15) is 0 Å². The van der Waals surface area contributed by atoms with Gasteiger partial charge in [0.05, 0.1) is 0 Å². The molecule has 19 heavy (non-hydrogen) atoms. The zero-order valence-electron chi connectivity index (χ0n) is 11.7. The third-order valence-corrected chi connectivity index (χ3v) is 3.20. The maximum absolute atomic E-state index is 6.04. The van der Waals surface area contributed by atoms with Crippen molar-refractivity contribution in [3.05, 3.63) is 53.3 Å². The predicted octanol–water partition coefficient (Wildman–Crippen LogP) is 3.60. The Balaban J connectivity index is 2.25. The molecule has 0 radical (unpaired) electrons. The van der Waals surface area contributed by atoms with Gasteiger partial charge in [-0.3, -0.25) is 4.98 Å². The molecule has 0 aliphatic heterocycles. The standard InChI is InChI=1S/C16H20N2O/c1-4-17-10-14-11-18-9-8-16(14)19-15-7-5-6-12(2)13(15)3/h5-9,11,17H,4,10H2,1-3H3. The summed E-state index contributed by atoms with van der Waals surface area (Å²) in [5, 5.41) is 3.30. The molecule has 0 unspecified atom stereocenters. The third-order valence-electron chi connectivity index (χ3n) is 3.20. The van der Waals surface area contributed by atoms with Crippen LogP contribution in [-0.2, 0) is 6.54 Å². The summed E-state index contributed by atoms with van der Waals surface area (Å²) in [6.45, 7) is 7.95. The van der Waals surface area contributed by atoms with E-state index in [9.17, 15) is 0 Å². The Morgan fingerprint density at radius 3 is 2.79 bits per heavy atom. The molecule has 100 valence electrons. The predicted molar refractivity (Wildman–Crippen MR) is 77.6 cm³/mol. The zero-order chi connectivity index (χ0) is 13.7. The van der Waals surface area contributed by atoms with Crippen molar-refractivity contribution in [2.24, 2.45) is 0 Å². The molecule has 0 saturated carbocycles. The molecular weight excluding hydrogens is 236 g/mol. The topological polar surface area (TPSA) is 34.2 Å². The number of aromatic nitrogens is 1. The summed E-state index contributed by atoms with van der Waals surface area (Å²) in [4.78, 5) is 4.16. The SMILES string of the molecule is CCNCc1cnccc1Oc1cccc(C)c1C. The van der Waals surface area contributed by atoms with Crippen LogP contribution in [0.4, 0.5) is 0 Å². The summed E-state index contributed by atoms with van der Waals surface area (Å²) < 4.78 is 6.04. The van der Waals surface area contributed by atoms with E-state index < -0.39 is 0 Å². The summed E-state index contributed by atoms with van der Waals surface area (Å²) in [7, 11) is 0. The van der Waals surface area contributed by atoms with Crippen LogP contribution in [0.25, 0.3) is 0 Å². The molecule has 1 heterocycles. The highest BCUT2D eigenvalue weighted by molar-refractivity contribution is 5.42. The minimum absolute atomic E-state index is 0.768. The summed E-state index contributed by atoms with van der Waals surface area (Å²) >= 11 is 0. The number of hydrogen-bond donors (Lipinski definition) is 1. The van der Waals surface area contributed by atoms with Gasteiger partial charge in [-0.05, 0) is 43.7 Å². The maximum atomic E-state index is 6.04. The van der Waals surface area contributed by atoms with Crippen molar-refractivity contribution in [1.82, 2.24) is 10.3 Å². The number of ether oxygens (including phenoxy) is 1. The van der Waals surface area contributed by atoms with E-state index in [0.29, 0.717) is 0 Å². The molecule has 0 aliphatic rings. The quantitative estimate of drug-likeness (QED) is 0.887. The van der Waals surface area contributed by atoms with Crippen LogP contribution < -0.4 is 10.1 Å². The average Bonchev–Trinajstić information content (AvgIpc) is 2.43. The Bertz CT molecular complexity index is 552. The van der Waals surface area contributed by atoms with Crippen LogP contribution in [0, 0.1) is 13.8 Å². The molecule has 1 aromatic carbocycles. The summed E-state index contributed by atoms with van der Waals surface area (Å²) in [6, 6.07) is 8.02. The van der Waals surface area contributed by atoms with Gasteiger partial charge in [-0.15, -0.1) is 0 Å². The number of nitrogens with zero attached hydrogens (tertiary/aromatic N) is 1. The first-order chi connectivity index (χ1) is 9.22. The Labute approximate surface area is 114 Å². The van der Waals surface area contributed by atoms with Crippen molar-refractivity contribution >= 4 is 0 Å². The molecule has 0 spiro atoms. The molecule has 0 bridgehead atoms. The van der Waals surface area contributed by atoms with Crippen molar-refractivity contribution in [3.63, 3.8) is 0 Å². The van der Waals surface area contributed by atoms with E-state index in [1.165, 1.54) is 11.1 Å². The normalized spacial score (nSPS) is 10.5. The van der Waals surface area contributed by atoms with Crippen LogP contribution >= 0.6 is 0 Å². The van der Waals surface area contributed by atoms with Crippen molar-refractivity contribution in [2.45, 2.75) is 27.3 Å². The lowest BCUT2D eigenvalue weighted by molar-refractivity contribution is 0.468. The lowest BCUT2D eigenvalue weighted by atomic mass is 10.1. The monoisotopic (exact) mass is 256 g/mol. The number of nitrogens with one attached hydrogen (secondary N) is 1. The minimum atomic E-state index is 0.768. The highest BCUT2D eigenvalue weighted by Crippen LogP contribution is 2.28. The molecular formula is C16H20N2O. The lowest BCUT2D eigenvalue weighted by Gasteiger charge is -2.13. The van der Waals surface area contributed by atoms with Crippen LogP contribution in [0.15, 0.2) is 36.7 Å². The lowest BCUT2D eigenvalue weighted by Crippen LogP contribution is -2.12. The molecule has 3 heteroatoms. The van der Waals surface area contributed by atoms with Gasteiger partial charge in [0.25, 0.3) is 0 Å². The fourth-order valence-corrected chi connectivity index (χ4v) is 1.86. The van der Waals surface area contributed by atoms with Gasteiger partial charge in [0.2, 0.25) is 0 Å². The van der Waals surface area contributed by atoms with E-state index in [1.54, 1.807) is 6.20 Å². The summed E-state index contributed by atoms with van der Waals surface area (Å²) in [6.07, 6.45) is 3.61. The molecule has 0 saturated heterocycles. The Morgan fingerprint density at radius 2 is 2.00 bits per heavy atom. The third kappa shape index (κ3) is 3.32. The molecule has 0 amide bonds. The molecule has 1 aromatic heterocycles. The largest absolute Gasteiger partial charge is 0.457 e. The van der Waals surface area contributed by atoms with Gasteiger partial charge in [-0.1, -0.05) is 19.1 Å². The van der Waals surface area contributed by atoms with Gasteiger partial charge < -0.3 is 10.1 Å². The van der Waals surface area contributed by atoms with Crippen LogP contribution in [0.1, 0.15) is 23.6 Å². The fourth-order valence-electron chi connectivity index (χ4n) is 1.86. The Kier molecular flexibility index (Phi) is 4.53. The number of rotatable bonds is 5. The number of pyridine rings is 1. The van der Waals surface area contributed by atoms with Crippen molar-refractivity contribution in [3.8, 4) is 11.5 Å². The summed E-state index contributed by atoms with van der Waals surface area (Å²) in [5.74, 6) is 1.77. The van der Waals surface area contributed by atoms with Crippen LogP contribution in [0.2, 0.25) is 0 Å². The highest BCUT2D eigenvalue weighted by atomic mass is 16.5. The molecule has 0 fully saturated rings. The first-order valence-corrected chi connectivity index (χ1v) is 6.60. The van der Waals surface area contributed by atoms with Crippen LogP contribution in [0.3, 0.4) is 0 Å². The Hall–Kier alpha value is -1.87. The Morgan fingerprint density at radius 1 is 1.16 bits per heavy atom. The van der Waals surface area contributed by atoms with Gasteiger partial charge in [0, 0.05) is 24.5 Å². The van der Waals surface area contributed by atoms with E-state index in [-0.39, 0.29) is 0 Å². The highest BCUT2D eigenvalue weighted by Gasteiger charge is 2.07. The second-order valence-corrected chi connectivity index (χ2v) is 4.56. The molecule has 2 aromatic rings. The van der Waals surface area contributed by atoms with Gasteiger partial charge in [0.15, 0.2) is 0 Å². The van der Waals surface area contributed by atoms with E-state index in [4.69, 9.17) is 4.74 Å². The molecule has 3 nitrogen and oxygen atoms in total. The van der Waals surface area contributed by atoms with Crippen LogP contribution in [-0.4, -0.2) is 11.5 Å². The second-order valence-electron chi connectivity index (χ2n) is 4.56. The molecule has 0 aliphatic carbocycles. The minimum Gasteiger partial charge on any atom is -0.457 e. The molecule has 0 atom stereocenters. The van der Waals surface area contributed by atoms with E-state index in [1.807, 2.05) is 24.4 Å². The van der Waals surface area contributed by atoms with Crippen molar-refractivity contribution in [1.29, 1.82) is 0 Å². The second kappa shape index (κ2) is 6.34. The smallest absolute Gasteiger partial charge is 0.135 e. The van der Waals surface area contributed by atoms with E-state index >= 15 is 0 Å². The van der Waals surface area contributed by atoms with E-state index in [0.717, 1.165) is 30.2 Å². The van der Waals surface area contributed by atoms with Crippen molar-refractivity contribution in [2.75, 3.05) is 6.54 Å². The first-order valence-electron chi connectivity index (χ1n) is 6.60. The van der Waals surface area contributed by atoms with Gasteiger partial charge >= 0.3 is 0 Å². The van der Waals surface area contributed by atoms with Gasteiger partial charge in [-0.25, -0.2) is 0 Å². The molecule has 1 N–H and O–H groups in total. The number of hydrogen-bond acceptors (Lipinski definition) is 3.